The second-order valence-corrected chi connectivity index (χ2v) is 6.06. The number of hydrogen-bond donors (Lipinski definition) is 1. The summed E-state index contributed by atoms with van der Waals surface area (Å²) < 4.78 is 1.76. The number of nitrogens with one attached hydrogen (secondary N) is 1. The van der Waals surface area contributed by atoms with Crippen molar-refractivity contribution >= 4 is 28.2 Å². The minimum Gasteiger partial charge on any atom is -0.364 e. The van der Waals surface area contributed by atoms with Crippen LogP contribution in [0.15, 0.2) is 30.2 Å². The van der Waals surface area contributed by atoms with Gasteiger partial charge in [-0.2, -0.15) is 5.10 Å². The molecule has 0 unspecified atom stereocenters. The van der Waals surface area contributed by atoms with Crippen LogP contribution in [0.25, 0.3) is 21.9 Å². The van der Waals surface area contributed by atoms with Crippen LogP contribution in [0.5, 0.6) is 0 Å². The third-order valence-electron chi connectivity index (χ3n) is 3.54. The highest BCUT2D eigenvalue weighted by Gasteiger charge is 2.13. The first-order chi connectivity index (χ1) is 11.7. The third kappa shape index (κ3) is 2.58. The average Bonchev–Trinajstić information content (AvgIpc) is 3.19. The van der Waals surface area contributed by atoms with E-state index in [1.807, 2.05) is 19.4 Å². The van der Waals surface area contributed by atoms with Gasteiger partial charge < -0.3 is 5.32 Å². The van der Waals surface area contributed by atoms with Crippen LogP contribution in [0.1, 0.15) is 11.4 Å². The molecule has 0 aliphatic rings. The highest BCUT2D eigenvalue weighted by atomic mass is 32.1. The Labute approximate surface area is 141 Å². The van der Waals surface area contributed by atoms with Gasteiger partial charge in [0.1, 0.15) is 12.1 Å². The molecule has 0 atom stereocenters. The van der Waals surface area contributed by atoms with Crippen LogP contribution in [0.4, 0.5) is 5.82 Å². The molecule has 0 saturated heterocycles. The van der Waals surface area contributed by atoms with E-state index in [1.165, 1.54) is 17.7 Å². The number of hydrogen-bond acceptors (Lipinski definition) is 8. The molecule has 1 N–H and O–H groups in total. The van der Waals surface area contributed by atoms with Crippen molar-refractivity contribution in [3.8, 4) is 10.8 Å². The lowest BCUT2D eigenvalue weighted by atomic mass is 10.3. The van der Waals surface area contributed by atoms with Gasteiger partial charge in [-0.3, -0.25) is 4.68 Å². The van der Waals surface area contributed by atoms with Crippen molar-refractivity contribution in [3.05, 3.63) is 41.6 Å². The second kappa shape index (κ2) is 5.93. The highest BCUT2D eigenvalue weighted by molar-refractivity contribution is 7.13. The fraction of sp³-hybridized carbons (Fsp3) is 0.200. The van der Waals surface area contributed by atoms with Crippen molar-refractivity contribution in [3.63, 3.8) is 0 Å². The summed E-state index contributed by atoms with van der Waals surface area (Å²) in [4.78, 5) is 21.6. The van der Waals surface area contributed by atoms with E-state index < -0.39 is 0 Å². The van der Waals surface area contributed by atoms with Gasteiger partial charge in [-0.05, 0) is 13.0 Å². The van der Waals surface area contributed by atoms with E-state index in [0.29, 0.717) is 12.4 Å². The summed E-state index contributed by atoms with van der Waals surface area (Å²) in [5, 5.41) is 11.4. The Morgan fingerprint density at radius 1 is 1.17 bits per heavy atom. The van der Waals surface area contributed by atoms with Gasteiger partial charge in [0.15, 0.2) is 16.5 Å². The predicted molar refractivity (Wildman–Crippen MR) is 91.5 cm³/mol. The maximum atomic E-state index is 4.57. The number of nitrogens with zero attached hydrogens (tertiary/aromatic N) is 7. The molecular formula is C15H14N8S. The average molecular weight is 338 g/mol. The molecule has 4 aromatic rings. The van der Waals surface area contributed by atoms with Gasteiger partial charge in [0.05, 0.1) is 23.3 Å². The van der Waals surface area contributed by atoms with Crippen LogP contribution >= 0.6 is 11.3 Å². The summed E-state index contributed by atoms with van der Waals surface area (Å²) in [6, 6.07) is 1.79. The molecule has 0 spiro atoms. The SMILES string of the molecule is Cc1nn(C)c2ncnc(NCc3csc(-c4ncccn4)n3)c12. The minimum absolute atomic E-state index is 0.559. The number of anilines is 1. The topological polar surface area (TPSA) is 94.3 Å². The zero-order valence-electron chi connectivity index (χ0n) is 13.1. The monoisotopic (exact) mass is 338 g/mol. The maximum absolute atomic E-state index is 4.57. The largest absolute Gasteiger partial charge is 0.364 e. The van der Waals surface area contributed by atoms with E-state index in [-0.39, 0.29) is 0 Å². The zero-order valence-corrected chi connectivity index (χ0v) is 13.9. The summed E-state index contributed by atoms with van der Waals surface area (Å²) in [7, 11) is 1.87. The van der Waals surface area contributed by atoms with Crippen LogP contribution in [0, 0.1) is 6.92 Å². The quantitative estimate of drug-likeness (QED) is 0.609. The molecule has 4 heterocycles. The van der Waals surface area contributed by atoms with Gasteiger partial charge in [0, 0.05) is 24.8 Å². The van der Waals surface area contributed by atoms with Crippen molar-refractivity contribution in [2.24, 2.45) is 7.05 Å². The Morgan fingerprint density at radius 2 is 2.00 bits per heavy atom. The van der Waals surface area contributed by atoms with Crippen molar-refractivity contribution in [1.29, 1.82) is 0 Å². The van der Waals surface area contributed by atoms with Gasteiger partial charge in [-0.15, -0.1) is 11.3 Å². The Bertz CT molecular complexity index is 991. The van der Waals surface area contributed by atoms with Crippen LogP contribution in [-0.2, 0) is 13.6 Å². The number of aryl methyl sites for hydroxylation is 2. The molecule has 0 aliphatic heterocycles. The molecule has 9 heteroatoms. The summed E-state index contributed by atoms with van der Waals surface area (Å²) in [5.74, 6) is 1.40. The van der Waals surface area contributed by atoms with E-state index >= 15 is 0 Å². The molecular weight excluding hydrogens is 324 g/mol. The lowest BCUT2D eigenvalue weighted by molar-refractivity contribution is 0.773. The summed E-state index contributed by atoms with van der Waals surface area (Å²) in [6.07, 6.45) is 4.96. The zero-order chi connectivity index (χ0) is 16.5. The summed E-state index contributed by atoms with van der Waals surface area (Å²) >= 11 is 1.52. The minimum atomic E-state index is 0.559. The lowest BCUT2D eigenvalue weighted by Gasteiger charge is -2.04. The first-order valence-electron chi connectivity index (χ1n) is 7.32. The van der Waals surface area contributed by atoms with Crippen molar-refractivity contribution < 1.29 is 0 Å². The molecule has 0 fully saturated rings. The van der Waals surface area contributed by atoms with Gasteiger partial charge in [-0.25, -0.2) is 24.9 Å². The molecule has 0 bridgehead atoms. The standard InChI is InChI=1S/C15H14N8S/c1-9-11-12(19-8-20-14(11)23(2)22-9)18-6-10-7-24-15(21-10)13-16-4-3-5-17-13/h3-5,7-8H,6H2,1-2H3,(H,18,19,20). The molecule has 24 heavy (non-hydrogen) atoms. The number of rotatable bonds is 4. The molecule has 0 saturated carbocycles. The van der Waals surface area contributed by atoms with Crippen LogP contribution in [-0.4, -0.2) is 34.7 Å². The predicted octanol–water partition coefficient (Wildman–Crippen LogP) is 2.20. The fourth-order valence-electron chi connectivity index (χ4n) is 2.49. The first-order valence-corrected chi connectivity index (χ1v) is 8.20. The highest BCUT2D eigenvalue weighted by Crippen LogP contribution is 2.24. The van der Waals surface area contributed by atoms with Crippen molar-refractivity contribution in [1.82, 2.24) is 34.7 Å². The van der Waals surface area contributed by atoms with Crippen molar-refractivity contribution in [2.75, 3.05) is 5.32 Å². The number of thiazole rings is 1. The molecule has 0 aliphatic carbocycles. The van der Waals surface area contributed by atoms with E-state index in [0.717, 1.165) is 33.2 Å². The van der Waals surface area contributed by atoms with E-state index in [9.17, 15) is 0 Å². The van der Waals surface area contributed by atoms with Gasteiger partial charge in [-0.1, -0.05) is 0 Å². The maximum Gasteiger partial charge on any atom is 0.188 e. The Balaban J connectivity index is 1.57. The van der Waals surface area contributed by atoms with Gasteiger partial charge in [0.25, 0.3) is 0 Å². The normalized spacial score (nSPS) is 11.1. The molecule has 0 amide bonds. The molecule has 4 rings (SSSR count). The Kier molecular flexibility index (Phi) is 3.62. The molecule has 8 nitrogen and oxygen atoms in total. The summed E-state index contributed by atoms with van der Waals surface area (Å²) in [5.41, 5.74) is 2.62. The fourth-order valence-corrected chi connectivity index (χ4v) is 3.25. The second-order valence-electron chi connectivity index (χ2n) is 5.20. The number of aromatic nitrogens is 7. The lowest BCUT2D eigenvalue weighted by Crippen LogP contribution is -2.03. The van der Waals surface area contributed by atoms with Gasteiger partial charge >= 0.3 is 0 Å². The van der Waals surface area contributed by atoms with E-state index in [1.54, 1.807) is 23.1 Å². The Morgan fingerprint density at radius 3 is 2.83 bits per heavy atom. The third-order valence-corrected chi connectivity index (χ3v) is 4.43. The molecule has 0 radical (unpaired) electrons. The van der Waals surface area contributed by atoms with E-state index in [4.69, 9.17) is 0 Å². The molecule has 120 valence electrons. The number of fused-ring (bicyclic) bond motifs is 1. The first kappa shape index (κ1) is 14.6. The Hall–Kier alpha value is -2.94. The van der Waals surface area contributed by atoms with Crippen LogP contribution in [0.3, 0.4) is 0 Å². The van der Waals surface area contributed by atoms with Gasteiger partial charge in [0.2, 0.25) is 0 Å². The van der Waals surface area contributed by atoms with E-state index in [2.05, 4.69) is 35.3 Å². The van der Waals surface area contributed by atoms with Crippen LogP contribution < -0.4 is 5.32 Å². The van der Waals surface area contributed by atoms with Crippen LogP contribution in [0.2, 0.25) is 0 Å². The summed E-state index contributed by atoms with van der Waals surface area (Å²) in [6.45, 7) is 2.51. The molecule has 0 aromatic carbocycles. The molecule has 4 aromatic heterocycles. The smallest absolute Gasteiger partial charge is 0.188 e. The van der Waals surface area contributed by atoms with Crippen molar-refractivity contribution in [2.45, 2.75) is 13.5 Å².